The fourth-order valence-corrected chi connectivity index (χ4v) is 1.08. The lowest BCUT2D eigenvalue weighted by Crippen LogP contribution is -2.20. The van der Waals surface area contributed by atoms with Crippen molar-refractivity contribution in [1.29, 1.82) is 0 Å². The Morgan fingerprint density at radius 1 is 1.14 bits per heavy atom. The molecule has 8 heteroatoms. The van der Waals surface area contributed by atoms with Crippen LogP contribution in [0.4, 0.5) is 26.3 Å². The first-order chi connectivity index (χ1) is 6.10. The summed E-state index contributed by atoms with van der Waals surface area (Å²) in [5.74, 6) is -2.89. The van der Waals surface area contributed by atoms with Crippen molar-refractivity contribution in [1.82, 2.24) is 0 Å². The maximum Gasteiger partial charge on any atom is 0.392 e. The standard InChI is InChI=1S/C6H6F6OSi/c7-5(8,9)3-4(13)1-2-14-6(10,11)12/h4,13H,3,14H2. The molecule has 0 saturated carbocycles. The Morgan fingerprint density at radius 3 is 2.00 bits per heavy atom. The van der Waals surface area contributed by atoms with Gasteiger partial charge < -0.3 is 5.11 Å². The fraction of sp³-hybridized carbons (Fsp3) is 0.667. The van der Waals surface area contributed by atoms with Crippen molar-refractivity contribution in [3.8, 4) is 11.5 Å². The van der Waals surface area contributed by atoms with Crippen LogP contribution in [-0.2, 0) is 0 Å². The minimum atomic E-state index is -4.62. The third kappa shape index (κ3) is 9.41. The number of hydrogen-bond donors (Lipinski definition) is 1. The normalized spacial score (nSPS) is 15.4. The maximum absolute atomic E-state index is 11.5. The largest absolute Gasteiger partial charge is 0.392 e. The molecule has 0 rings (SSSR count). The van der Waals surface area contributed by atoms with Crippen LogP contribution in [0.2, 0.25) is 0 Å². The molecule has 82 valence electrons. The van der Waals surface area contributed by atoms with Crippen LogP contribution in [0.25, 0.3) is 0 Å². The van der Waals surface area contributed by atoms with E-state index >= 15 is 0 Å². The predicted octanol–water partition coefficient (Wildman–Crippen LogP) is 0.949. The maximum atomic E-state index is 11.5. The molecule has 0 aliphatic heterocycles. The topological polar surface area (TPSA) is 20.2 Å². The Balaban J connectivity index is 4.00. The Morgan fingerprint density at radius 2 is 1.64 bits per heavy atom. The van der Waals surface area contributed by atoms with Crippen molar-refractivity contribution in [2.45, 2.75) is 24.5 Å². The van der Waals surface area contributed by atoms with E-state index in [2.05, 4.69) is 0 Å². The van der Waals surface area contributed by atoms with E-state index in [9.17, 15) is 26.3 Å². The zero-order valence-electron chi connectivity index (χ0n) is 6.71. The molecule has 0 fully saturated rings. The second-order valence-corrected chi connectivity index (χ2v) is 3.96. The number of hydrogen-bond acceptors (Lipinski definition) is 1. The average molecular weight is 236 g/mol. The van der Waals surface area contributed by atoms with Gasteiger partial charge in [0.15, 0.2) is 0 Å². The minimum absolute atomic E-state index is 1.52. The van der Waals surface area contributed by atoms with Crippen molar-refractivity contribution in [2.75, 3.05) is 0 Å². The molecule has 0 aromatic carbocycles. The van der Waals surface area contributed by atoms with Crippen LogP contribution in [0, 0.1) is 11.5 Å². The summed E-state index contributed by atoms with van der Waals surface area (Å²) in [4.78, 5) is 0. The summed E-state index contributed by atoms with van der Waals surface area (Å²) in [6, 6.07) is 0. The van der Waals surface area contributed by atoms with E-state index in [1.807, 2.05) is 0 Å². The van der Waals surface area contributed by atoms with E-state index in [0.29, 0.717) is 0 Å². The van der Waals surface area contributed by atoms with Crippen molar-refractivity contribution in [3.63, 3.8) is 0 Å². The SMILES string of the molecule is OC(C#C[SiH2]C(F)(F)F)CC(F)(F)F. The van der Waals surface area contributed by atoms with Crippen LogP contribution in [0.15, 0.2) is 0 Å². The van der Waals surface area contributed by atoms with E-state index in [1.165, 1.54) is 5.92 Å². The summed E-state index contributed by atoms with van der Waals surface area (Å²) in [6.07, 6.45) is -8.29. The summed E-state index contributed by atoms with van der Waals surface area (Å²) in [7, 11) is -2.73. The van der Waals surface area contributed by atoms with Gasteiger partial charge in [0.25, 0.3) is 0 Å². The highest BCUT2D eigenvalue weighted by molar-refractivity contribution is 6.48. The van der Waals surface area contributed by atoms with Gasteiger partial charge in [-0.2, -0.15) is 26.3 Å². The van der Waals surface area contributed by atoms with Gasteiger partial charge in [-0.25, -0.2) is 0 Å². The quantitative estimate of drug-likeness (QED) is 0.408. The molecule has 0 heterocycles. The molecule has 0 bridgehead atoms. The molecule has 1 N–H and O–H groups in total. The first kappa shape index (κ1) is 13.3. The van der Waals surface area contributed by atoms with Gasteiger partial charge in [0.2, 0.25) is 9.52 Å². The van der Waals surface area contributed by atoms with E-state index in [1.54, 1.807) is 5.54 Å². The van der Waals surface area contributed by atoms with Gasteiger partial charge in [-0.15, -0.1) is 5.54 Å². The molecule has 0 spiro atoms. The molecule has 0 aromatic heterocycles. The molecule has 0 amide bonds. The van der Waals surface area contributed by atoms with Crippen LogP contribution in [0.5, 0.6) is 0 Å². The summed E-state index contributed by atoms with van der Waals surface area (Å²) >= 11 is 0. The Hall–Kier alpha value is -0.683. The molecule has 1 atom stereocenters. The first-order valence-corrected chi connectivity index (χ1v) is 4.81. The Bertz CT molecular complexity index is 233. The van der Waals surface area contributed by atoms with Crippen molar-refractivity contribution in [2.24, 2.45) is 0 Å². The van der Waals surface area contributed by atoms with Crippen LogP contribution in [-0.4, -0.2) is 32.7 Å². The zero-order valence-corrected chi connectivity index (χ0v) is 8.12. The molecule has 0 aliphatic rings. The molecule has 1 unspecified atom stereocenters. The third-order valence-electron chi connectivity index (χ3n) is 0.982. The summed E-state index contributed by atoms with van der Waals surface area (Å²) in [6.45, 7) is 0. The molecule has 0 radical (unpaired) electrons. The number of rotatable bonds is 1. The second-order valence-electron chi connectivity index (χ2n) is 2.45. The van der Waals surface area contributed by atoms with Gasteiger partial charge in [0.1, 0.15) is 6.10 Å². The van der Waals surface area contributed by atoms with Crippen molar-refractivity contribution < 1.29 is 31.4 Å². The van der Waals surface area contributed by atoms with E-state index < -0.39 is 34.0 Å². The van der Waals surface area contributed by atoms with Gasteiger partial charge in [-0.1, -0.05) is 5.92 Å². The van der Waals surface area contributed by atoms with Gasteiger partial charge in [0, 0.05) is 0 Å². The highest BCUT2D eigenvalue weighted by atomic mass is 28.2. The summed E-state index contributed by atoms with van der Waals surface area (Å²) in [5.41, 5.74) is 1.56. The van der Waals surface area contributed by atoms with Crippen LogP contribution in [0.1, 0.15) is 6.42 Å². The summed E-state index contributed by atoms with van der Waals surface area (Å²) in [5, 5.41) is 8.54. The average Bonchev–Trinajstić information content (AvgIpc) is 1.78. The molecule has 14 heavy (non-hydrogen) atoms. The van der Waals surface area contributed by atoms with E-state index in [-0.39, 0.29) is 0 Å². The third-order valence-corrected chi connectivity index (χ3v) is 1.76. The number of alkyl halides is 6. The fourth-order valence-electron chi connectivity index (χ4n) is 0.539. The zero-order chi connectivity index (χ0) is 11.4. The Labute approximate surface area is 77.9 Å². The van der Waals surface area contributed by atoms with Gasteiger partial charge in [-0.3, -0.25) is 0 Å². The highest BCUT2D eigenvalue weighted by Crippen LogP contribution is 2.21. The Kier molecular flexibility index (Phi) is 4.47. The lowest BCUT2D eigenvalue weighted by atomic mass is 10.3. The molecule has 1 nitrogen and oxygen atoms in total. The molecule has 0 saturated heterocycles. The number of aliphatic hydroxyl groups excluding tert-OH is 1. The van der Waals surface area contributed by atoms with Crippen LogP contribution in [0.3, 0.4) is 0 Å². The van der Waals surface area contributed by atoms with Crippen molar-refractivity contribution in [3.05, 3.63) is 0 Å². The first-order valence-electron chi connectivity index (χ1n) is 3.40. The van der Waals surface area contributed by atoms with Crippen LogP contribution < -0.4 is 0 Å². The van der Waals surface area contributed by atoms with Crippen LogP contribution >= 0.6 is 0 Å². The minimum Gasteiger partial charge on any atom is -0.380 e. The van der Waals surface area contributed by atoms with E-state index in [4.69, 9.17) is 5.11 Å². The summed E-state index contributed by atoms with van der Waals surface area (Å²) < 4.78 is 69.1. The molecule has 0 aromatic rings. The highest BCUT2D eigenvalue weighted by Gasteiger charge is 2.30. The molecular formula is C6H6F6OSi. The van der Waals surface area contributed by atoms with Gasteiger partial charge in [0.05, 0.1) is 6.42 Å². The lowest BCUT2D eigenvalue weighted by Gasteiger charge is -2.06. The monoisotopic (exact) mass is 236 g/mol. The van der Waals surface area contributed by atoms with Gasteiger partial charge >= 0.3 is 12.0 Å². The lowest BCUT2D eigenvalue weighted by molar-refractivity contribution is -0.147. The van der Waals surface area contributed by atoms with E-state index in [0.717, 1.165) is 0 Å². The number of aliphatic hydroxyl groups is 1. The smallest absolute Gasteiger partial charge is 0.380 e. The molecular weight excluding hydrogens is 230 g/mol. The van der Waals surface area contributed by atoms with Crippen molar-refractivity contribution >= 4 is 9.52 Å². The van der Waals surface area contributed by atoms with Gasteiger partial charge in [-0.05, 0) is 0 Å². The second kappa shape index (κ2) is 4.70. The predicted molar refractivity (Wildman–Crippen MR) is 39.1 cm³/mol. The number of halogens is 6. The molecule has 0 aliphatic carbocycles.